The van der Waals surface area contributed by atoms with Gasteiger partial charge >= 0.3 is 5.97 Å². The molecular weight excluding hydrogens is 1070 g/mol. The van der Waals surface area contributed by atoms with Crippen molar-refractivity contribution in [3.05, 3.63) is 24.3 Å². The van der Waals surface area contributed by atoms with Crippen LogP contribution in [-0.2, 0) is 14.3 Å². The molecule has 0 heterocycles. The van der Waals surface area contributed by atoms with Gasteiger partial charge in [0.15, 0.2) is 0 Å². The quantitative estimate of drug-likeness (QED) is 0.0320. The SMILES string of the molecule is CCCCCCCCCCCCCCCCCCCCCCCCCCC(O)C(CO)NC(=O)CCCCCCCCCCCCCCCCCCC/C=C\C/C=C\CCCCCCCCCCCOC(=O)CCCCCCCCCCCCCCC. The molecule has 3 N–H and O–H groups in total. The first kappa shape index (κ1) is 85.3. The fraction of sp³-hybridized carbons (Fsp3) is 0.926. The number of hydrogen-bond donors (Lipinski definition) is 3. The van der Waals surface area contributed by atoms with Gasteiger partial charge in [0.05, 0.1) is 25.4 Å². The smallest absolute Gasteiger partial charge is 0.305 e. The Hall–Kier alpha value is -1.66. The predicted molar refractivity (Wildman–Crippen MR) is 384 cm³/mol. The van der Waals surface area contributed by atoms with Crippen LogP contribution in [0.15, 0.2) is 24.3 Å². The van der Waals surface area contributed by atoms with Crippen LogP contribution in [0.25, 0.3) is 0 Å². The van der Waals surface area contributed by atoms with Crippen LogP contribution in [0.5, 0.6) is 0 Å². The summed E-state index contributed by atoms with van der Waals surface area (Å²) in [4.78, 5) is 24.6. The molecule has 2 atom stereocenters. The summed E-state index contributed by atoms with van der Waals surface area (Å²) in [6.07, 6.45) is 98.4. The van der Waals surface area contributed by atoms with Crippen LogP contribution in [0.3, 0.4) is 0 Å². The molecule has 0 radical (unpaired) electrons. The molecule has 0 aromatic rings. The van der Waals surface area contributed by atoms with Crippen LogP contribution >= 0.6 is 0 Å². The maximum atomic E-state index is 12.6. The highest BCUT2D eigenvalue weighted by Gasteiger charge is 2.20. The molecule has 516 valence electrons. The Kier molecular flexibility index (Phi) is 75.3. The Bertz CT molecular complexity index is 1360. The molecule has 0 aliphatic rings. The topological polar surface area (TPSA) is 95.9 Å². The molecule has 1 amide bonds. The number of hydrogen-bond acceptors (Lipinski definition) is 5. The van der Waals surface area contributed by atoms with E-state index >= 15 is 0 Å². The summed E-state index contributed by atoms with van der Waals surface area (Å²) in [5.41, 5.74) is 0. The third kappa shape index (κ3) is 73.3. The number of allylic oxidation sites excluding steroid dienone is 4. The summed E-state index contributed by atoms with van der Waals surface area (Å²) < 4.78 is 5.49. The molecule has 0 aromatic heterocycles. The third-order valence-electron chi connectivity index (χ3n) is 19.0. The van der Waals surface area contributed by atoms with Gasteiger partial charge in [-0.15, -0.1) is 0 Å². The summed E-state index contributed by atoms with van der Waals surface area (Å²) in [5.74, 6) is -0.0105. The Balaban J connectivity index is 3.38. The van der Waals surface area contributed by atoms with E-state index in [9.17, 15) is 19.8 Å². The molecule has 0 fully saturated rings. The van der Waals surface area contributed by atoms with Gasteiger partial charge < -0.3 is 20.3 Å². The van der Waals surface area contributed by atoms with Gasteiger partial charge in [0.2, 0.25) is 5.91 Å². The second-order valence-corrected chi connectivity index (χ2v) is 27.8. The van der Waals surface area contributed by atoms with Crippen LogP contribution in [0.2, 0.25) is 0 Å². The summed E-state index contributed by atoms with van der Waals surface area (Å²) in [5, 5.41) is 23.5. The van der Waals surface area contributed by atoms with E-state index in [-0.39, 0.29) is 18.5 Å². The number of carbonyl (C=O) groups is 2. The van der Waals surface area contributed by atoms with Gasteiger partial charge in [0.1, 0.15) is 0 Å². The van der Waals surface area contributed by atoms with Crippen molar-refractivity contribution >= 4 is 11.9 Å². The van der Waals surface area contributed by atoms with Gasteiger partial charge in [-0.3, -0.25) is 9.59 Å². The number of nitrogens with one attached hydrogen (secondary N) is 1. The standard InChI is InChI=1S/C81H157NO5/c1-3-5-7-9-11-13-15-17-18-19-20-21-22-34-37-40-43-46-50-53-57-61-65-69-73-79(84)78(77-83)82-80(85)74-70-66-62-58-54-51-47-44-41-38-35-32-30-28-26-24-23-25-27-29-31-33-36-39-42-45-48-52-56-60-64-68-72-76-87-81(86)75-71-67-63-59-55-49-16-14-12-10-8-6-4-2/h27,29,33,36,78-79,83-84H,3-26,28,30-32,34-35,37-77H2,1-2H3,(H,82,85)/b29-27-,36-33-. The summed E-state index contributed by atoms with van der Waals surface area (Å²) in [7, 11) is 0. The molecule has 0 saturated heterocycles. The molecule has 0 saturated carbocycles. The van der Waals surface area contributed by atoms with Crippen molar-refractivity contribution in [1.29, 1.82) is 0 Å². The minimum atomic E-state index is -0.664. The average Bonchev–Trinajstić information content (AvgIpc) is 3.57. The Morgan fingerprint density at radius 2 is 0.575 bits per heavy atom. The first-order valence-electron chi connectivity index (χ1n) is 40.1. The van der Waals surface area contributed by atoms with Crippen molar-refractivity contribution in [3.8, 4) is 0 Å². The highest BCUT2D eigenvalue weighted by Crippen LogP contribution is 2.20. The fourth-order valence-electron chi connectivity index (χ4n) is 12.9. The van der Waals surface area contributed by atoms with E-state index in [2.05, 4.69) is 43.5 Å². The molecule has 0 aliphatic carbocycles. The normalized spacial score (nSPS) is 12.6. The van der Waals surface area contributed by atoms with E-state index in [4.69, 9.17) is 4.74 Å². The van der Waals surface area contributed by atoms with Gasteiger partial charge in [0.25, 0.3) is 0 Å². The van der Waals surface area contributed by atoms with E-state index in [1.54, 1.807) is 0 Å². The number of esters is 1. The number of carbonyl (C=O) groups excluding carboxylic acids is 2. The van der Waals surface area contributed by atoms with Crippen molar-refractivity contribution in [2.45, 2.75) is 469 Å². The van der Waals surface area contributed by atoms with Crippen molar-refractivity contribution in [2.75, 3.05) is 13.2 Å². The zero-order valence-electron chi connectivity index (χ0n) is 59.3. The predicted octanol–water partition coefficient (Wildman–Crippen LogP) is 26.4. The lowest BCUT2D eigenvalue weighted by atomic mass is 10.0. The molecule has 87 heavy (non-hydrogen) atoms. The van der Waals surface area contributed by atoms with Crippen LogP contribution in [0.4, 0.5) is 0 Å². The van der Waals surface area contributed by atoms with Gasteiger partial charge in [-0.25, -0.2) is 0 Å². The van der Waals surface area contributed by atoms with Crippen molar-refractivity contribution in [3.63, 3.8) is 0 Å². The fourth-order valence-corrected chi connectivity index (χ4v) is 12.9. The molecule has 6 heteroatoms. The zero-order valence-corrected chi connectivity index (χ0v) is 59.3. The number of aliphatic hydroxyl groups is 2. The molecule has 0 spiro atoms. The Morgan fingerprint density at radius 1 is 0.322 bits per heavy atom. The van der Waals surface area contributed by atoms with E-state index in [0.29, 0.717) is 25.9 Å². The van der Waals surface area contributed by atoms with Crippen LogP contribution < -0.4 is 5.32 Å². The first-order chi connectivity index (χ1) is 43.0. The lowest BCUT2D eigenvalue weighted by molar-refractivity contribution is -0.143. The van der Waals surface area contributed by atoms with Gasteiger partial charge in [-0.05, 0) is 57.8 Å². The number of unbranched alkanes of at least 4 members (excludes halogenated alkanes) is 61. The average molecular weight is 1230 g/mol. The maximum Gasteiger partial charge on any atom is 0.305 e. The minimum Gasteiger partial charge on any atom is -0.466 e. The van der Waals surface area contributed by atoms with Gasteiger partial charge in [-0.1, -0.05) is 411 Å². The van der Waals surface area contributed by atoms with Gasteiger partial charge in [0, 0.05) is 12.8 Å². The highest BCUT2D eigenvalue weighted by atomic mass is 16.5. The highest BCUT2D eigenvalue weighted by molar-refractivity contribution is 5.76. The Morgan fingerprint density at radius 3 is 0.874 bits per heavy atom. The van der Waals surface area contributed by atoms with Crippen molar-refractivity contribution < 1.29 is 24.5 Å². The van der Waals surface area contributed by atoms with Crippen molar-refractivity contribution in [1.82, 2.24) is 5.32 Å². The summed E-state index contributed by atoms with van der Waals surface area (Å²) in [6.45, 7) is 5.00. The third-order valence-corrected chi connectivity index (χ3v) is 19.0. The minimum absolute atomic E-state index is 0.0167. The Labute approximate surface area is 545 Å². The molecule has 0 aliphatic heterocycles. The molecule has 0 rings (SSSR count). The zero-order chi connectivity index (χ0) is 62.8. The van der Waals surface area contributed by atoms with Gasteiger partial charge in [-0.2, -0.15) is 0 Å². The van der Waals surface area contributed by atoms with Crippen LogP contribution in [0, 0.1) is 0 Å². The second kappa shape index (κ2) is 76.8. The lowest BCUT2D eigenvalue weighted by Crippen LogP contribution is -2.45. The molecule has 2 unspecified atom stereocenters. The van der Waals surface area contributed by atoms with E-state index < -0.39 is 12.1 Å². The van der Waals surface area contributed by atoms with E-state index in [0.717, 1.165) is 44.9 Å². The second-order valence-electron chi connectivity index (χ2n) is 27.8. The largest absolute Gasteiger partial charge is 0.466 e. The lowest BCUT2D eigenvalue weighted by Gasteiger charge is -2.22. The molecular formula is C81H157NO5. The van der Waals surface area contributed by atoms with Crippen LogP contribution in [0.1, 0.15) is 457 Å². The number of amides is 1. The first-order valence-corrected chi connectivity index (χ1v) is 40.1. The molecule has 0 aromatic carbocycles. The van der Waals surface area contributed by atoms with E-state index in [1.165, 1.54) is 379 Å². The molecule has 0 bridgehead atoms. The van der Waals surface area contributed by atoms with Crippen molar-refractivity contribution in [2.24, 2.45) is 0 Å². The summed E-state index contributed by atoms with van der Waals surface area (Å²) >= 11 is 0. The monoisotopic (exact) mass is 1220 g/mol. The molecule has 6 nitrogen and oxygen atoms in total. The van der Waals surface area contributed by atoms with Crippen LogP contribution in [-0.4, -0.2) is 47.4 Å². The number of rotatable bonds is 76. The number of aliphatic hydroxyl groups excluding tert-OH is 2. The maximum absolute atomic E-state index is 12.6. The summed E-state index contributed by atoms with van der Waals surface area (Å²) in [6, 6.07) is -0.541. The number of ether oxygens (including phenoxy) is 1. The van der Waals surface area contributed by atoms with E-state index in [1.807, 2.05) is 0 Å².